The molecule has 1 unspecified atom stereocenters. The highest BCUT2D eigenvalue weighted by atomic mass is 16.5. The summed E-state index contributed by atoms with van der Waals surface area (Å²) in [6.07, 6.45) is 4.48. The topological polar surface area (TPSA) is 60.0 Å². The summed E-state index contributed by atoms with van der Waals surface area (Å²) < 4.78 is 16.1. The van der Waals surface area contributed by atoms with Gasteiger partial charge in [0.25, 0.3) is 0 Å². The van der Waals surface area contributed by atoms with Gasteiger partial charge in [-0.2, -0.15) is 0 Å². The Morgan fingerprint density at radius 3 is 2.16 bits per heavy atom. The number of para-hydroxylation sites is 1. The van der Waals surface area contributed by atoms with E-state index in [1.54, 1.807) is 44.5 Å². The highest BCUT2D eigenvalue weighted by Crippen LogP contribution is 2.42. The molecule has 0 aromatic heterocycles. The fourth-order valence-corrected chi connectivity index (χ4v) is 2.82. The first-order chi connectivity index (χ1) is 12.2. The second-order valence-electron chi connectivity index (χ2n) is 5.53. The smallest absolute Gasteiger partial charge is 0.203 e. The van der Waals surface area contributed by atoms with Gasteiger partial charge in [-0.25, -0.2) is 5.43 Å². The van der Waals surface area contributed by atoms with E-state index in [0.717, 1.165) is 12.0 Å². The number of nitrogens with one attached hydrogen (secondary N) is 1. The molecule has 0 bridgehead atoms. The van der Waals surface area contributed by atoms with Gasteiger partial charge in [-0.15, -0.1) is 0 Å². The molecule has 2 aromatic carbocycles. The van der Waals surface area contributed by atoms with E-state index in [1.807, 2.05) is 36.5 Å². The van der Waals surface area contributed by atoms with Gasteiger partial charge in [0.05, 0.1) is 27.0 Å². The quantitative estimate of drug-likeness (QED) is 0.816. The van der Waals surface area contributed by atoms with Crippen LogP contribution in [0.4, 0.5) is 5.69 Å². The first-order valence-electron chi connectivity index (χ1n) is 7.75. The number of carbonyl (C=O) groups is 1. The van der Waals surface area contributed by atoms with Gasteiger partial charge in [0.2, 0.25) is 5.75 Å². The number of hydrogen-bond donors (Lipinski definition) is 1. The zero-order valence-corrected chi connectivity index (χ0v) is 14.4. The number of ether oxygens (including phenoxy) is 3. The van der Waals surface area contributed by atoms with Crippen LogP contribution in [0.5, 0.6) is 17.2 Å². The van der Waals surface area contributed by atoms with Crippen molar-refractivity contribution in [2.24, 2.45) is 0 Å². The maximum Gasteiger partial charge on any atom is 0.203 e. The van der Waals surface area contributed by atoms with Crippen LogP contribution < -0.4 is 24.6 Å². The highest BCUT2D eigenvalue weighted by molar-refractivity contribution is 5.76. The van der Waals surface area contributed by atoms with Crippen LogP contribution in [0, 0.1) is 0 Å². The van der Waals surface area contributed by atoms with E-state index < -0.39 is 5.54 Å². The molecule has 0 saturated carbocycles. The van der Waals surface area contributed by atoms with E-state index in [9.17, 15) is 4.79 Å². The van der Waals surface area contributed by atoms with Crippen molar-refractivity contribution in [2.45, 2.75) is 5.54 Å². The largest absolute Gasteiger partial charge is 0.493 e. The number of hydrazine groups is 1. The van der Waals surface area contributed by atoms with Crippen LogP contribution in [0.15, 0.2) is 54.7 Å². The van der Waals surface area contributed by atoms with Gasteiger partial charge < -0.3 is 19.0 Å². The van der Waals surface area contributed by atoms with E-state index in [4.69, 9.17) is 14.2 Å². The lowest BCUT2D eigenvalue weighted by Gasteiger charge is -2.28. The molecule has 1 aliphatic heterocycles. The van der Waals surface area contributed by atoms with Crippen LogP contribution in [-0.2, 0) is 10.3 Å². The summed E-state index contributed by atoms with van der Waals surface area (Å²) in [6.45, 7) is 0. The lowest BCUT2D eigenvalue weighted by molar-refractivity contribution is -0.111. The highest BCUT2D eigenvalue weighted by Gasteiger charge is 2.37. The Labute approximate surface area is 146 Å². The second kappa shape index (κ2) is 6.86. The summed E-state index contributed by atoms with van der Waals surface area (Å²) in [5.74, 6) is 1.47. The minimum Gasteiger partial charge on any atom is -0.493 e. The normalized spacial score (nSPS) is 18.9. The molecule has 25 heavy (non-hydrogen) atoms. The molecule has 0 saturated heterocycles. The third kappa shape index (κ3) is 2.92. The van der Waals surface area contributed by atoms with E-state index in [1.165, 1.54) is 0 Å². The van der Waals surface area contributed by atoms with E-state index in [0.29, 0.717) is 22.8 Å². The molecule has 1 N–H and O–H groups in total. The van der Waals surface area contributed by atoms with Crippen LogP contribution in [0.1, 0.15) is 5.56 Å². The molecular formula is C19H20N2O4. The summed E-state index contributed by atoms with van der Waals surface area (Å²) in [5.41, 5.74) is 3.82. The summed E-state index contributed by atoms with van der Waals surface area (Å²) >= 11 is 0. The first-order valence-corrected chi connectivity index (χ1v) is 7.75. The van der Waals surface area contributed by atoms with E-state index >= 15 is 0 Å². The van der Waals surface area contributed by atoms with Gasteiger partial charge >= 0.3 is 0 Å². The molecule has 2 aromatic rings. The molecule has 1 aliphatic rings. The van der Waals surface area contributed by atoms with Crippen molar-refractivity contribution in [3.63, 3.8) is 0 Å². The van der Waals surface area contributed by atoms with E-state index in [-0.39, 0.29) is 0 Å². The maximum absolute atomic E-state index is 12.0. The van der Waals surface area contributed by atoms with Gasteiger partial charge in [-0.1, -0.05) is 18.2 Å². The molecular weight excluding hydrogens is 320 g/mol. The lowest BCUT2D eigenvalue weighted by atomic mass is 9.92. The third-order valence-corrected chi connectivity index (χ3v) is 4.15. The minimum absolute atomic E-state index is 0.483. The second-order valence-corrected chi connectivity index (χ2v) is 5.53. The lowest BCUT2D eigenvalue weighted by Crippen LogP contribution is -2.45. The molecule has 0 amide bonds. The SMILES string of the molecule is COc1cc(C2(C=O)C=CN(c3ccccc3)N2)cc(OC)c1OC. The Hall–Kier alpha value is -2.99. The molecule has 3 rings (SSSR count). The Morgan fingerprint density at radius 1 is 1.00 bits per heavy atom. The van der Waals surface area contributed by atoms with Crippen molar-refractivity contribution in [2.75, 3.05) is 26.3 Å². The summed E-state index contributed by atoms with van der Waals surface area (Å²) in [4.78, 5) is 12.0. The van der Waals surface area contributed by atoms with Gasteiger partial charge in [0.15, 0.2) is 11.5 Å². The zero-order chi connectivity index (χ0) is 17.9. The molecule has 0 fully saturated rings. The van der Waals surface area contributed by atoms with Crippen molar-refractivity contribution in [3.05, 3.63) is 60.3 Å². The summed E-state index contributed by atoms with van der Waals surface area (Å²) in [6, 6.07) is 13.2. The molecule has 130 valence electrons. The average molecular weight is 340 g/mol. The van der Waals surface area contributed by atoms with Gasteiger partial charge in [-0.05, 0) is 35.9 Å². The van der Waals surface area contributed by atoms with Crippen molar-refractivity contribution in [1.82, 2.24) is 5.43 Å². The molecule has 1 atom stereocenters. The van der Waals surface area contributed by atoms with Crippen LogP contribution in [-0.4, -0.2) is 27.6 Å². The molecule has 1 heterocycles. The molecule has 0 aliphatic carbocycles. The number of nitrogens with zero attached hydrogens (tertiary/aromatic N) is 1. The Balaban J connectivity index is 2.02. The first kappa shape index (κ1) is 16.9. The van der Waals surface area contributed by atoms with Crippen LogP contribution in [0.3, 0.4) is 0 Å². The van der Waals surface area contributed by atoms with Crippen molar-refractivity contribution >= 4 is 12.0 Å². The Morgan fingerprint density at radius 2 is 1.64 bits per heavy atom. The summed E-state index contributed by atoms with van der Waals surface area (Å²) in [5, 5.41) is 1.80. The maximum atomic E-state index is 12.0. The van der Waals surface area contributed by atoms with E-state index in [2.05, 4.69) is 5.43 Å². The Bertz CT molecular complexity index is 766. The molecule has 6 heteroatoms. The number of methoxy groups -OCH3 is 3. The fraction of sp³-hybridized carbons (Fsp3) is 0.211. The molecule has 0 radical (unpaired) electrons. The standard InChI is InChI=1S/C19H20N2O4/c1-23-16-11-14(12-17(24-2)18(16)25-3)19(13-22)9-10-21(20-19)15-7-5-4-6-8-15/h4-13,20H,1-3H3. The van der Waals surface area contributed by atoms with Gasteiger partial charge in [0.1, 0.15) is 11.8 Å². The number of aldehydes is 1. The van der Waals surface area contributed by atoms with Crippen LogP contribution >= 0.6 is 0 Å². The van der Waals surface area contributed by atoms with Crippen molar-refractivity contribution in [1.29, 1.82) is 0 Å². The van der Waals surface area contributed by atoms with Crippen molar-refractivity contribution in [3.8, 4) is 17.2 Å². The monoisotopic (exact) mass is 340 g/mol. The molecule has 6 nitrogen and oxygen atoms in total. The van der Waals surface area contributed by atoms with Gasteiger partial charge in [-0.3, -0.25) is 5.01 Å². The summed E-state index contributed by atoms with van der Waals surface area (Å²) in [7, 11) is 4.63. The predicted octanol–water partition coefficient (Wildman–Crippen LogP) is 2.65. The van der Waals surface area contributed by atoms with Gasteiger partial charge in [0, 0.05) is 6.20 Å². The number of anilines is 1. The number of rotatable bonds is 6. The zero-order valence-electron chi connectivity index (χ0n) is 14.4. The average Bonchev–Trinajstić information content (AvgIpc) is 3.13. The number of hydrogen-bond acceptors (Lipinski definition) is 6. The third-order valence-electron chi connectivity index (χ3n) is 4.15. The van der Waals surface area contributed by atoms with Crippen LogP contribution in [0.2, 0.25) is 0 Å². The Kier molecular flexibility index (Phi) is 4.63. The molecule has 0 spiro atoms. The number of carbonyl (C=O) groups excluding carboxylic acids is 1. The minimum atomic E-state index is -1.03. The number of benzene rings is 2. The van der Waals surface area contributed by atoms with Crippen molar-refractivity contribution < 1.29 is 19.0 Å². The van der Waals surface area contributed by atoms with Crippen LogP contribution in [0.25, 0.3) is 0 Å². The fourth-order valence-electron chi connectivity index (χ4n) is 2.82. The predicted molar refractivity (Wildman–Crippen MR) is 95.0 cm³/mol.